The molecule has 0 spiro atoms. The fraction of sp³-hybridized carbons (Fsp3) is 0.158. The average Bonchev–Trinajstić information content (AvgIpc) is 2.60. The fourth-order valence-electron chi connectivity index (χ4n) is 2.30. The van der Waals surface area contributed by atoms with E-state index in [2.05, 4.69) is 5.32 Å². The monoisotopic (exact) mass is 397 g/mol. The quantitative estimate of drug-likeness (QED) is 0.647. The van der Waals surface area contributed by atoms with E-state index in [1.165, 1.54) is 42.5 Å². The second-order valence-electron chi connectivity index (χ2n) is 5.57. The number of alkyl halides is 3. The van der Waals surface area contributed by atoms with E-state index < -0.39 is 17.7 Å². The van der Waals surface area contributed by atoms with Crippen molar-refractivity contribution in [3.8, 4) is 0 Å². The molecule has 0 radical (unpaired) electrons. The predicted octanol–water partition coefficient (Wildman–Crippen LogP) is 5.58. The summed E-state index contributed by atoms with van der Waals surface area (Å²) >= 11 is 5.64. The lowest BCUT2D eigenvalue weighted by Crippen LogP contribution is -2.13. The fourth-order valence-corrected chi connectivity index (χ4v) is 2.47. The van der Waals surface area contributed by atoms with Crippen LogP contribution in [-0.2, 0) is 11.0 Å². The first kappa shape index (κ1) is 20.5. The predicted molar refractivity (Wildman–Crippen MR) is 97.7 cm³/mol. The molecule has 8 heteroatoms. The number of halogens is 4. The molecule has 0 atom stereocenters. The molecule has 1 amide bonds. The van der Waals surface area contributed by atoms with Gasteiger partial charge in [0.15, 0.2) is 0 Å². The molecule has 0 saturated heterocycles. The minimum Gasteiger partial charge on any atom is -0.478 e. The van der Waals surface area contributed by atoms with Crippen molar-refractivity contribution in [2.45, 2.75) is 19.5 Å². The van der Waals surface area contributed by atoms with E-state index >= 15 is 0 Å². The highest BCUT2D eigenvalue weighted by molar-refractivity contribution is 6.30. The molecule has 0 fully saturated rings. The van der Waals surface area contributed by atoms with E-state index in [0.717, 1.165) is 6.07 Å². The van der Waals surface area contributed by atoms with Crippen LogP contribution in [0.1, 0.15) is 40.4 Å². The third-order valence-corrected chi connectivity index (χ3v) is 3.88. The number of nitrogens with one attached hydrogen (secondary N) is 1. The minimum absolute atomic E-state index is 0.0383. The molecular weight excluding hydrogens is 383 g/mol. The molecule has 0 aliphatic carbocycles. The molecule has 27 heavy (non-hydrogen) atoms. The molecule has 0 aliphatic rings. The summed E-state index contributed by atoms with van der Waals surface area (Å²) in [6.45, 7) is 1.62. The van der Waals surface area contributed by atoms with Gasteiger partial charge in [-0.3, -0.25) is 4.79 Å². The number of benzene rings is 2. The van der Waals surface area contributed by atoms with E-state index in [-0.39, 0.29) is 34.2 Å². The zero-order valence-corrected chi connectivity index (χ0v) is 14.9. The zero-order chi connectivity index (χ0) is 20.2. The molecule has 0 aromatic heterocycles. The van der Waals surface area contributed by atoms with Gasteiger partial charge in [-0.25, -0.2) is 4.79 Å². The lowest BCUT2D eigenvalue weighted by atomic mass is 10.0. The lowest BCUT2D eigenvalue weighted by molar-refractivity contribution is -0.137. The Morgan fingerprint density at radius 1 is 1.15 bits per heavy atom. The first-order valence-electron chi connectivity index (χ1n) is 7.84. The number of aromatic carboxylic acids is 1. The Morgan fingerprint density at radius 2 is 1.85 bits per heavy atom. The average molecular weight is 398 g/mol. The van der Waals surface area contributed by atoms with Gasteiger partial charge in [-0.1, -0.05) is 42.8 Å². The maximum atomic E-state index is 13.1. The van der Waals surface area contributed by atoms with Crippen LogP contribution in [-0.4, -0.2) is 17.0 Å². The van der Waals surface area contributed by atoms with Crippen molar-refractivity contribution < 1.29 is 27.9 Å². The van der Waals surface area contributed by atoms with Crippen LogP contribution in [0.25, 0.3) is 12.2 Å². The molecule has 2 aromatic carbocycles. The summed E-state index contributed by atoms with van der Waals surface area (Å²) in [6, 6.07) is 7.55. The summed E-state index contributed by atoms with van der Waals surface area (Å²) in [5.41, 5.74) is -0.672. The molecule has 2 N–H and O–H groups in total. The highest BCUT2D eigenvalue weighted by atomic mass is 35.5. The van der Waals surface area contributed by atoms with Crippen molar-refractivity contribution in [3.63, 3.8) is 0 Å². The summed E-state index contributed by atoms with van der Waals surface area (Å²) < 4.78 is 39.4. The van der Waals surface area contributed by atoms with Gasteiger partial charge in [0.25, 0.3) is 0 Å². The largest absolute Gasteiger partial charge is 0.478 e. The SMILES string of the molecule is CCC(=O)Nc1ccc(C=Cc2ccc(Cl)cc2C(F)(F)F)cc1C(=O)O. The maximum Gasteiger partial charge on any atom is 0.417 e. The standard InChI is InChI=1S/C19H15ClF3NO3/c1-2-17(25)24-16-8-4-11(9-14(16)18(26)27)3-5-12-6-7-13(20)10-15(12)19(21,22)23/h3-10H,2H2,1H3,(H,24,25)(H,26,27). The molecule has 2 aromatic rings. The van der Waals surface area contributed by atoms with E-state index in [0.29, 0.717) is 5.56 Å². The molecule has 0 bridgehead atoms. The summed E-state index contributed by atoms with van der Waals surface area (Å²) in [6.07, 6.45) is -1.82. The summed E-state index contributed by atoms with van der Waals surface area (Å²) in [4.78, 5) is 22.9. The third kappa shape index (κ3) is 5.34. The van der Waals surface area contributed by atoms with Gasteiger partial charge in [0, 0.05) is 11.4 Å². The number of carboxylic acids is 1. The first-order chi connectivity index (χ1) is 12.6. The third-order valence-electron chi connectivity index (χ3n) is 3.65. The Hall–Kier alpha value is -2.80. The molecule has 0 aliphatic heterocycles. The van der Waals surface area contributed by atoms with Crippen molar-refractivity contribution in [1.82, 2.24) is 0 Å². The highest BCUT2D eigenvalue weighted by Gasteiger charge is 2.32. The second kappa shape index (κ2) is 8.26. The molecule has 0 saturated carbocycles. The van der Waals surface area contributed by atoms with Crippen LogP contribution < -0.4 is 5.32 Å². The second-order valence-corrected chi connectivity index (χ2v) is 6.01. The molecule has 142 valence electrons. The van der Waals surface area contributed by atoms with E-state index in [1.54, 1.807) is 6.92 Å². The zero-order valence-electron chi connectivity index (χ0n) is 14.1. The van der Waals surface area contributed by atoms with Gasteiger partial charge in [-0.05, 0) is 35.4 Å². The van der Waals surface area contributed by atoms with Crippen LogP contribution >= 0.6 is 11.6 Å². The van der Waals surface area contributed by atoms with Gasteiger partial charge in [0.1, 0.15) is 0 Å². The Morgan fingerprint density at radius 3 is 2.44 bits per heavy atom. The highest BCUT2D eigenvalue weighted by Crippen LogP contribution is 2.34. The number of carboxylic acid groups (broad SMARTS) is 1. The smallest absolute Gasteiger partial charge is 0.417 e. The number of hydrogen-bond donors (Lipinski definition) is 2. The minimum atomic E-state index is -4.58. The number of carbonyl (C=O) groups excluding carboxylic acids is 1. The number of amides is 1. The first-order valence-corrected chi connectivity index (χ1v) is 8.21. The van der Waals surface area contributed by atoms with E-state index in [4.69, 9.17) is 11.6 Å². The van der Waals surface area contributed by atoms with Gasteiger partial charge in [0.2, 0.25) is 5.91 Å². The summed E-state index contributed by atoms with van der Waals surface area (Å²) in [7, 11) is 0. The Kier molecular flexibility index (Phi) is 6.28. The van der Waals surface area contributed by atoms with Gasteiger partial charge < -0.3 is 10.4 Å². The van der Waals surface area contributed by atoms with E-state index in [9.17, 15) is 27.9 Å². The van der Waals surface area contributed by atoms with Crippen LogP contribution in [0.4, 0.5) is 18.9 Å². The van der Waals surface area contributed by atoms with Crippen LogP contribution in [0, 0.1) is 0 Å². The number of hydrogen-bond acceptors (Lipinski definition) is 2. The van der Waals surface area contributed by atoms with Crippen LogP contribution in [0.15, 0.2) is 36.4 Å². The summed E-state index contributed by atoms with van der Waals surface area (Å²) in [5, 5.41) is 11.7. The lowest BCUT2D eigenvalue weighted by Gasteiger charge is -2.11. The van der Waals surface area contributed by atoms with Gasteiger partial charge >= 0.3 is 12.1 Å². The maximum absolute atomic E-state index is 13.1. The van der Waals surface area contributed by atoms with Crippen molar-refractivity contribution in [2.75, 3.05) is 5.32 Å². The molecule has 0 unspecified atom stereocenters. The van der Waals surface area contributed by atoms with Gasteiger partial charge in [-0.15, -0.1) is 0 Å². The molecular formula is C19H15ClF3NO3. The van der Waals surface area contributed by atoms with Gasteiger partial charge in [0.05, 0.1) is 16.8 Å². The van der Waals surface area contributed by atoms with Crippen LogP contribution in [0.5, 0.6) is 0 Å². The summed E-state index contributed by atoms with van der Waals surface area (Å²) in [5.74, 6) is -1.61. The normalized spacial score (nSPS) is 11.6. The van der Waals surface area contributed by atoms with Crippen molar-refractivity contribution in [2.24, 2.45) is 0 Å². The Balaban J connectivity index is 2.39. The van der Waals surface area contributed by atoms with E-state index in [1.807, 2.05) is 0 Å². The number of anilines is 1. The van der Waals surface area contributed by atoms with Crippen molar-refractivity contribution in [3.05, 3.63) is 63.7 Å². The Labute approximate surface area is 158 Å². The van der Waals surface area contributed by atoms with Crippen LogP contribution in [0.3, 0.4) is 0 Å². The molecule has 2 rings (SSSR count). The Bertz CT molecular complexity index is 908. The topological polar surface area (TPSA) is 66.4 Å². The van der Waals surface area contributed by atoms with Crippen molar-refractivity contribution >= 4 is 41.3 Å². The number of rotatable bonds is 5. The van der Waals surface area contributed by atoms with Crippen LogP contribution in [0.2, 0.25) is 5.02 Å². The molecule has 4 nitrogen and oxygen atoms in total. The molecule has 0 heterocycles. The van der Waals surface area contributed by atoms with Gasteiger partial charge in [-0.2, -0.15) is 13.2 Å². The number of carbonyl (C=O) groups is 2. The van der Waals surface area contributed by atoms with Crippen molar-refractivity contribution in [1.29, 1.82) is 0 Å².